The van der Waals surface area contributed by atoms with Crippen LogP contribution < -0.4 is 9.64 Å². The van der Waals surface area contributed by atoms with Gasteiger partial charge in [-0.25, -0.2) is 23.2 Å². The van der Waals surface area contributed by atoms with Gasteiger partial charge in [-0.2, -0.15) is 4.31 Å². The van der Waals surface area contributed by atoms with E-state index in [-0.39, 0.29) is 43.0 Å². The lowest BCUT2D eigenvalue weighted by Gasteiger charge is -2.33. The van der Waals surface area contributed by atoms with Crippen molar-refractivity contribution in [3.8, 4) is 5.88 Å². The molecule has 4 fully saturated rings. The van der Waals surface area contributed by atoms with Gasteiger partial charge in [-0.05, 0) is 71.0 Å². The number of ether oxygens (including phenoxy) is 2. The van der Waals surface area contributed by atoms with E-state index < -0.39 is 10.0 Å². The molecule has 0 atom stereocenters. The summed E-state index contributed by atoms with van der Waals surface area (Å²) in [4.78, 5) is 39.1. The third kappa shape index (κ3) is 6.73. The summed E-state index contributed by atoms with van der Waals surface area (Å²) in [7, 11) is -3.47. The van der Waals surface area contributed by atoms with Crippen LogP contribution in [0, 0.1) is 5.92 Å². The first kappa shape index (κ1) is 27.1. The average molecular weight is 551 g/mol. The number of carbonyl (C=O) groups excluding carboxylic acids is 2. The van der Waals surface area contributed by atoms with Crippen molar-refractivity contribution in [1.29, 1.82) is 0 Å². The Kier molecular flexibility index (Phi) is 8.06. The second-order valence-electron chi connectivity index (χ2n) is 11.0. The van der Waals surface area contributed by atoms with Gasteiger partial charge in [0.2, 0.25) is 21.8 Å². The average Bonchev–Trinajstić information content (AvgIpc) is 3.61. The van der Waals surface area contributed by atoms with E-state index >= 15 is 0 Å². The van der Waals surface area contributed by atoms with Gasteiger partial charge in [-0.3, -0.25) is 9.69 Å². The van der Waals surface area contributed by atoms with Crippen molar-refractivity contribution in [3.05, 3.63) is 12.4 Å². The molecule has 0 unspecified atom stereocenters. The normalized spacial score (nSPS) is 22.7. The van der Waals surface area contributed by atoms with Gasteiger partial charge in [0.1, 0.15) is 5.60 Å². The highest BCUT2D eigenvalue weighted by Crippen LogP contribution is 2.39. The van der Waals surface area contributed by atoms with Crippen LogP contribution in [-0.4, -0.2) is 115 Å². The first-order valence-electron chi connectivity index (χ1n) is 13.6. The SMILES string of the molecule is CC1(OC(=O)N2CCC(COc3cnc(N4CCN(S(=O)(=O)CCCN5CCC5)CC4=O)cn3)CC2)CC1. The maximum atomic E-state index is 12.7. The molecular formula is C25H38N6O6S. The first-order valence-corrected chi connectivity index (χ1v) is 15.3. The fourth-order valence-corrected chi connectivity index (χ4v) is 6.32. The highest BCUT2D eigenvalue weighted by molar-refractivity contribution is 7.89. The molecule has 0 aromatic carbocycles. The second-order valence-corrected chi connectivity index (χ2v) is 13.1. The number of piperidine rings is 1. The molecule has 3 saturated heterocycles. The molecule has 4 heterocycles. The molecule has 0 spiro atoms. The van der Waals surface area contributed by atoms with Crippen molar-refractivity contribution in [3.63, 3.8) is 0 Å². The lowest BCUT2D eigenvalue weighted by molar-refractivity contribution is -0.120. The number of sulfonamides is 1. The largest absolute Gasteiger partial charge is 0.476 e. The number of rotatable bonds is 10. The molecule has 1 saturated carbocycles. The summed E-state index contributed by atoms with van der Waals surface area (Å²) in [6.07, 6.45) is 8.05. The summed E-state index contributed by atoms with van der Waals surface area (Å²) in [6.45, 7) is 6.89. The zero-order valence-corrected chi connectivity index (χ0v) is 22.9. The van der Waals surface area contributed by atoms with Crippen LogP contribution in [-0.2, 0) is 19.6 Å². The number of piperazine rings is 1. The maximum absolute atomic E-state index is 12.7. The predicted octanol–water partition coefficient (Wildman–Crippen LogP) is 1.33. The third-order valence-corrected chi connectivity index (χ3v) is 9.83. The third-order valence-electron chi connectivity index (χ3n) is 7.92. The lowest BCUT2D eigenvalue weighted by Crippen LogP contribution is -2.53. The van der Waals surface area contributed by atoms with Crippen molar-refractivity contribution >= 4 is 27.8 Å². The standard InChI is InChI=1S/C25H38N6O6S/c1-25(6-7-25)37-24(33)29-11-4-20(5-12-29)19-36-22-17-26-21(16-27-22)31-14-13-30(18-23(31)32)38(34,35)15-3-10-28-8-2-9-28/h16-17,20H,2-15,18-19H2,1H3. The van der Waals surface area contributed by atoms with Crippen LogP contribution in [0.3, 0.4) is 0 Å². The van der Waals surface area contributed by atoms with Crippen LogP contribution >= 0.6 is 0 Å². The molecule has 0 N–H and O–H groups in total. The minimum Gasteiger partial charge on any atom is -0.476 e. The monoisotopic (exact) mass is 550 g/mol. The molecule has 1 aromatic heterocycles. The van der Waals surface area contributed by atoms with Crippen molar-refractivity contribution in [2.75, 3.05) is 69.6 Å². The molecule has 38 heavy (non-hydrogen) atoms. The van der Waals surface area contributed by atoms with E-state index in [2.05, 4.69) is 14.9 Å². The quantitative estimate of drug-likeness (QED) is 0.424. The molecule has 1 aromatic rings. The minimum atomic E-state index is -3.47. The molecule has 2 amide bonds. The molecule has 12 nitrogen and oxygen atoms in total. The number of hydrogen-bond donors (Lipinski definition) is 0. The van der Waals surface area contributed by atoms with Crippen molar-refractivity contribution in [2.45, 2.75) is 51.0 Å². The van der Waals surface area contributed by atoms with E-state index in [1.54, 1.807) is 4.90 Å². The van der Waals surface area contributed by atoms with Gasteiger partial charge in [-0.1, -0.05) is 0 Å². The van der Waals surface area contributed by atoms with Crippen LogP contribution in [0.15, 0.2) is 12.4 Å². The fourth-order valence-electron chi connectivity index (χ4n) is 4.90. The van der Waals surface area contributed by atoms with Gasteiger partial charge in [0.15, 0.2) is 5.82 Å². The highest BCUT2D eigenvalue weighted by Gasteiger charge is 2.43. The Hall–Kier alpha value is -2.51. The van der Waals surface area contributed by atoms with E-state index in [0.29, 0.717) is 43.7 Å². The van der Waals surface area contributed by atoms with Crippen LogP contribution in [0.25, 0.3) is 0 Å². The van der Waals surface area contributed by atoms with Gasteiger partial charge in [-0.15, -0.1) is 0 Å². The Morgan fingerprint density at radius 3 is 2.45 bits per heavy atom. The lowest BCUT2D eigenvalue weighted by atomic mass is 9.98. The van der Waals surface area contributed by atoms with Gasteiger partial charge in [0.05, 0.1) is 31.3 Å². The van der Waals surface area contributed by atoms with Gasteiger partial charge in [0.25, 0.3) is 0 Å². The van der Waals surface area contributed by atoms with Crippen LogP contribution in [0.4, 0.5) is 10.6 Å². The van der Waals surface area contributed by atoms with E-state index in [1.807, 2.05) is 6.92 Å². The summed E-state index contributed by atoms with van der Waals surface area (Å²) < 4.78 is 38.0. The van der Waals surface area contributed by atoms with Gasteiger partial charge < -0.3 is 19.3 Å². The molecule has 0 bridgehead atoms. The smallest absolute Gasteiger partial charge is 0.410 e. The molecule has 210 valence electrons. The summed E-state index contributed by atoms with van der Waals surface area (Å²) >= 11 is 0. The molecule has 4 aliphatic rings. The number of aromatic nitrogens is 2. The Labute approximate surface area is 224 Å². The summed E-state index contributed by atoms with van der Waals surface area (Å²) in [5.41, 5.74) is -0.259. The number of hydrogen-bond acceptors (Lipinski definition) is 9. The van der Waals surface area contributed by atoms with Gasteiger partial charge >= 0.3 is 6.09 Å². The molecular weight excluding hydrogens is 512 g/mol. The minimum absolute atomic E-state index is 0.0607. The molecule has 1 aliphatic carbocycles. The van der Waals surface area contributed by atoms with Crippen LogP contribution in [0.2, 0.25) is 0 Å². The molecule has 0 radical (unpaired) electrons. The number of carbonyl (C=O) groups is 2. The number of anilines is 1. The Bertz CT molecular complexity index is 1100. The van der Waals surface area contributed by atoms with Crippen LogP contribution in [0.5, 0.6) is 5.88 Å². The Morgan fingerprint density at radius 1 is 1.08 bits per heavy atom. The summed E-state index contributed by atoms with van der Waals surface area (Å²) in [5.74, 6) is 0.804. The van der Waals surface area contributed by atoms with Gasteiger partial charge in [0, 0.05) is 26.2 Å². The Morgan fingerprint density at radius 2 is 1.84 bits per heavy atom. The fraction of sp³-hybridized carbons (Fsp3) is 0.760. The topological polar surface area (TPSA) is 125 Å². The number of amides is 2. The number of nitrogens with zero attached hydrogens (tertiary/aromatic N) is 6. The molecule has 3 aliphatic heterocycles. The first-order chi connectivity index (χ1) is 18.2. The summed E-state index contributed by atoms with van der Waals surface area (Å²) in [6, 6.07) is 0. The van der Waals surface area contributed by atoms with E-state index in [9.17, 15) is 18.0 Å². The highest BCUT2D eigenvalue weighted by atomic mass is 32.2. The van der Waals surface area contributed by atoms with E-state index in [1.165, 1.54) is 28.0 Å². The maximum Gasteiger partial charge on any atom is 0.410 e. The zero-order valence-electron chi connectivity index (χ0n) is 22.1. The van der Waals surface area contributed by atoms with E-state index in [4.69, 9.17) is 9.47 Å². The van der Waals surface area contributed by atoms with Crippen molar-refractivity contribution in [1.82, 2.24) is 24.1 Å². The zero-order chi connectivity index (χ0) is 26.8. The predicted molar refractivity (Wildman–Crippen MR) is 139 cm³/mol. The molecule has 13 heteroatoms. The second kappa shape index (κ2) is 11.3. The Balaban J connectivity index is 1.03. The van der Waals surface area contributed by atoms with E-state index in [0.717, 1.165) is 45.3 Å². The van der Waals surface area contributed by atoms with Crippen LogP contribution in [0.1, 0.15) is 45.4 Å². The molecule has 5 rings (SSSR count). The number of likely N-dealkylation sites (tertiary alicyclic amines) is 2. The summed E-state index contributed by atoms with van der Waals surface area (Å²) in [5, 5.41) is 0. The van der Waals surface area contributed by atoms with Crippen molar-refractivity contribution < 1.29 is 27.5 Å². The van der Waals surface area contributed by atoms with Crippen molar-refractivity contribution in [2.24, 2.45) is 5.92 Å².